The molecule has 1 aromatic rings. The molecule has 0 bridgehead atoms. The molecule has 0 aliphatic rings. The van der Waals surface area contributed by atoms with Gasteiger partial charge in [-0.1, -0.05) is 54.9 Å². The fourth-order valence-corrected chi connectivity index (χ4v) is 2.05. The number of carbonyl (C=O) groups excluding carboxylic acids is 1. The highest BCUT2D eigenvalue weighted by molar-refractivity contribution is 9.10. The fourth-order valence-electron chi connectivity index (χ4n) is 1.70. The number of methoxy groups -OCH3 is 1. The van der Waals surface area contributed by atoms with Gasteiger partial charge in [0.2, 0.25) is 0 Å². The van der Waals surface area contributed by atoms with Crippen LogP contribution >= 0.6 is 15.9 Å². The molecular formula is C14H20BrNO2. The van der Waals surface area contributed by atoms with E-state index in [1.54, 1.807) is 0 Å². The number of ether oxygens (including phenoxy) is 1. The summed E-state index contributed by atoms with van der Waals surface area (Å²) in [7, 11) is 1.39. The van der Waals surface area contributed by atoms with E-state index >= 15 is 0 Å². The maximum atomic E-state index is 11.3. The lowest BCUT2D eigenvalue weighted by atomic mass is 9.86. The molecule has 0 aliphatic carbocycles. The molecule has 0 saturated heterocycles. The SMILES string of the molecule is COC(=O)C(Br)CNc1ccccc1C(C)(C)C. The minimum absolute atomic E-state index is 0.0661. The Morgan fingerprint density at radius 3 is 2.56 bits per heavy atom. The Hall–Kier alpha value is -1.03. The third-order valence-corrected chi connectivity index (χ3v) is 3.36. The Bertz CT molecular complexity index is 413. The van der Waals surface area contributed by atoms with Crippen LogP contribution in [0, 0.1) is 0 Å². The van der Waals surface area contributed by atoms with Gasteiger partial charge < -0.3 is 10.1 Å². The second-order valence-corrected chi connectivity index (χ2v) is 6.27. The van der Waals surface area contributed by atoms with Gasteiger partial charge >= 0.3 is 5.97 Å². The summed E-state index contributed by atoms with van der Waals surface area (Å²) in [6.07, 6.45) is 0. The Morgan fingerprint density at radius 1 is 1.39 bits per heavy atom. The number of anilines is 1. The maximum absolute atomic E-state index is 11.3. The number of nitrogens with one attached hydrogen (secondary N) is 1. The minimum atomic E-state index is -0.337. The van der Waals surface area contributed by atoms with Gasteiger partial charge in [-0.25, -0.2) is 0 Å². The molecule has 1 atom stereocenters. The van der Waals surface area contributed by atoms with E-state index in [0.717, 1.165) is 5.69 Å². The normalized spacial score (nSPS) is 12.9. The molecule has 1 N–H and O–H groups in total. The van der Waals surface area contributed by atoms with E-state index in [0.29, 0.717) is 6.54 Å². The molecule has 0 aromatic heterocycles. The zero-order valence-electron chi connectivity index (χ0n) is 11.3. The summed E-state index contributed by atoms with van der Waals surface area (Å²) in [6, 6.07) is 8.14. The molecule has 0 aliphatic heterocycles. The highest BCUT2D eigenvalue weighted by Gasteiger charge is 2.19. The largest absolute Gasteiger partial charge is 0.468 e. The predicted octanol–water partition coefficient (Wildman–Crippen LogP) is 3.33. The lowest BCUT2D eigenvalue weighted by Gasteiger charge is -2.23. The van der Waals surface area contributed by atoms with Crippen molar-refractivity contribution in [2.24, 2.45) is 0 Å². The number of benzene rings is 1. The van der Waals surface area contributed by atoms with E-state index in [9.17, 15) is 4.79 Å². The predicted molar refractivity (Wildman–Crippen MR) is 78.4 cm³/mol. The summed E-state index contributed by atoms with van der Waals surface area (Å²) < 4.78 is 4.67. The van der Waals surface area contributed by atoms with Crippen LogP contribution in [0.3, 0.4) is 0 Å². The van der Waals surface area contributed by atoms with Crippen LogP contribution in [0.1, 0.15) is 26.3 Å². The lowest BCUT2D eigenvalue weighted by molar-refractivity contribution is -0.139. The van der Waals surface area contributed by atoms with Crippen molar-refractivity contribution in [3.05, 3.63) is 29.8 Å². The van der Waals surface area contributed by atoms with Crippen molar-refractivity contribution >= 4 is 27.6 Å². The van der Waals surface area contributed by atoms with Crippen molar-refractivity contribution in [2.75, 3.05) is 19.0 Å². The van der Waals surface area contributed by atoms with Gasteiger partial charge in [-0.3, -0.25) is 4.79 Å². The molecule has 18 heavy (non-hydrogen) atoms. The zero-order chi connectivity index (χ0) is 13.8. The number of carbonyl (C=O) groups is 1. The maximum Gasteiger partial charge on any atom is 0.321 e. The van der Waals surface area contributed by atoms with Crippen molar-refractivity contribution in [3.8, 4) is 0 Å². The van der Waals surface area contributed by atoms with Gasteiger partial charge in [0.1, 0.15) is 4.83 Å². The van der Waals surface area contributed by atoms with E-state index < -0.39 is 0 Å². The molecule has 0 fully saturated rings. The summed E-state index contributed by atoms with van der Waals surface area (Å²) in [4.78, 5) is 11.0. The van der Waals surface area contributed by atoms with Gasteiger partial charge in [-0.2, -0.15) is 0 Å². The third-order valence-electron chi connectivity index (χ3n) is 2.66. The van der Waals surface area contributed by atoms with Crippen LogP contribution in [0.5, 0.6) is 0 Å². The van der Waals surface area contributed by atoms with Crippen LogP contribution in [0.2, 0.25) is 0 Å². The number of halogens is 1. The summed E-state index contributed by atoms with van der Waals surface area (Å²) in [5, 5.41) is 3.29. The van der Waals surface area contributed by atoms with E-state index in [1.165, 1.54) is 12.7 Å². The molecular weight excluding hydrogens is 294 g/mol. The highest BCUT2D eigenvalue weighted by atomic mass is 79.9. The Morgan fingerprint density at radius 2 is 2.00 bits per heavy atom. The van der Waals surface area contributed by atoms with Crippen LogP contribution in [0.25, 0.3) is 0 Å². The summed E-state index contributed by atoms with van der Waals surface area (Å²) >= 11 is 3.30. The average Bonchev–Trinajstić information content (AvgIpc) is 2.34. The number of hydrogen-bond acceptors (Lipinski definition) is 3. The van der Waals surface area contributed by atoms with Crippen LogP contribution in [0.4, 0.5) is 5.69 Å². The first kappa shape index (κ1) is 15.0. The van der Waals surface area contributed by atoms with Crippen molar-refractivity contribution in [1.29, 1.82) is 0 Å². The molecule has 1 unspecified atom stereocenters. The van der Waals surface area contributed by atoms with Crippen LogP contribution in [0.15, 0.2) is 24.3 Å². The lowest BCUT2D eigenvalue weighted by Crippen LogP contribution is -2.25. The van der Waals surface area contributed by atoms with Crippen LogP contribution < -0.4 is 5.32 Å². The molecule has 0 heterocycles. The Labute approximate surface area is 117 Å². The standard InChI is InChI=1S/C14H20BrNO2/c1-14(2,3)10-7-5-6-8-12(10)16-9-11(15)13(17)18-4/h5-8,11,16H,9H2,1-4H3. The number of esters is 1. The van der Waals surface area contributed by atoms with Gasteiger partial charge in [0.25, 0.3) is 0 Å². The quantitative estimate of drug-likeness (QED) is 0.684. The summed E-state index contributed by atoms with van der Waals surface area (Å²) in [5.74, 6) is -0.268. The second-order valence-electron chi connectivity index (χ2n) is 5.17. The first-order chi connectivity index (χ1) is 8.36. The number of rotatable bonds is 4. The van der Waals surface area contributed by atoms with Crippen molar-refractivity contribution in [2.45, 2.75) is 31.0 Å². The second kappa shape index (κ2) is 6.23. The van der Waals surface area contributed by atoms with Crippen molar-refractivity contribution in [3.63, 3.8) is 0 Å². The monoisotopic (exact) mass is 313 g/mol. The molecule has 0 spiro atoms. The summed E-state index contributed by atoms with van der Waals surface area (Å²) in [5.41, 5.74) is 2.35. The minimum Gasteiger partial charge on any atom is -0.468 e. The topological polar surface area (TPSA) is 38.3 Å². The first-order valence-corrected chi connectivity index (χ1v) is 6.83. The molecule has 3 nitrogen and oxygen atoms in total. The number of hydrogen-bond donors (Lipinski definition) is 1. The molecule has 0 saturated carbocycles. The molecule has 0 amide bonds. The Kier molecular flexibility index (Phi) is 5.20. The molecule has 100 valence electrons. The Balaban J connectivity index is 2.77. The van der Waals surface area contributed by atoms with Crippen molar-refractivity contribution < 1.29 is 9.53 Å². The van der Waals surface area contributed by atoms with Gasteiger partial charge in [-0.05, 0) is 17.0 Å². The van der Waals surface area contributed by atoms with Crippen LogP contribution in [-0.2, 0) is 14.9 Å². The summed E-state index contributed by atoms with van der Waals surface area (Å²) in [6.45, 7) is 7.00. The van der Waals surface area contributed by atoms with E-state index in [4.69, 9.17) is 0 Å². The van der Waals surface area contributed by atoms with Gasteiger partial charge in [0, 0.05) is 12.2 Å². The van der Waals surface area contributed by atoms with Gasteiger partial charge in [0.15, 0.2) is 0 Å². The first-order valence-electron chi connectivity index (χ1n) is 5.91. The average molecular weight is 314 g/mol. The molecule has 1 rings (SSSR count). The molecule has 4 heteroatoms. The van der Waals surface area contributed by atoms with Crippen molar-refractivity contribution in [1.82, 2.24) is 0 Å². The third kappa shape index (κ3) is 4.02. The highest BCUT2D eigenvalue weighted by Crippen LogP contribution is 2.29. The fraction of sp³-hybridized carbons (Fsp3) is 0.500. The van der Waals surface area contributed by atoms with Gasteiger partial charge in [-0.15, -0.1) is 0 Å². The van der Waals surface area contributed by atoms with E-state index in [-0.39, 0.29) is 16.2 Å². The smallest absolute Gasteiger partial charge is 0.321 e. The molecule has 1 aromatic carbocycles. The number of para-hydroxylation sites is 1. The zero-order valence-corrected chi connectivity index (χ0v) is 12.9. The molecule has 0 radical (unpaired) electrons. The van der Waals surface area contributed by atoms with Gasteiger partial charge in [0.05, 0.1) is 7.11 Å². The van der Waals surface area contributed by atoms with E-state index in [1.807, 2.05) is 18.2 Å². The van der Waals surface area contributed by atoms with Crippen LogP contribution in [-0.4, -0.2) is 24.5 Å². The number of alkyl halides is 1. The van der Waals surface area contributed by atoms with E-state index in [2.05, 4.69) is 52.8 Å².